The summed E-state index contributed by atoms with van der Waals surface area (Å²) in [6.45, 7) is 0.316. The van der Waals surface area contributed by atoms with E-state index in [1.807, 2.05) is 0 Å². The van der Waals surface area contributed by atoms with Crippen molar-refractivity contribution in [3.63, 3.8) is 0 Å². The molecule has 0 unspecified atom stereocenters. The molecule has 0 saturated carbocycles. The fourth-order valence-electron chi connectivity index (χ4n) is 2.32. The number of amides is 1. The molecule has 0 aliphatic rings. The summed E-state index contributed by atoms with van der Waals surface area (Å²) in [5, 5.41) is 2.64. The predicted octanol–water partition coefficient (Wildman–Crippen LogP) is 1.12. The zero-order valence-electron chi connectivity index (χ0n) is 16.2. The minimum Gasteiger partial charge on any atom is -0.492 e. The predicted molar refractivity (Wildman–Crippen MR) is 110 cm³/mol. The first-order chi connectivity index (χ1) is 13.5. The van der Waals surface area contributed by atoms with Crippen molar-refractivity contribution in [1.82, 2.24) is 9.62 Å². The quantitative estimate of drug-likeness (QED) is 0.563. The van der Waals surface area contributed by atoms with Crippen LogP contribution in [0, 0.1) is 0 Å². The lowest BCUT2D eigenvalue weighted by Gasteiger charge is -2.13. The van der Waals surface area contributed by atoms with E-state index in [4.69, 9.17) is 4.74 Å². The van der Waals surface area contributed by atoms with Crippen LogP contribution in [0.5, 0.6) is 5.75 Å². The SMILES string of the molecule is CN(C)S(=O)(=O)c1ccc(OCCNC(=O)c2ccccc2NS(C)(=O)=O)cc1. The minimum absolute atomic E-state index is 0.146. The molecule has 0 fully saturated rings. The van der Waals surface area contributed by atoms with E-state index in [1.54, 1.807) is 12.1 Å². The van der Waals surface area contributed by atoms with E-state index in [0.29, 0.717) is 5.75 Å². The highest BCUT2D eigenvalue weighted by Gasteiger charge is 2.17. The lowest BCUT2D eigenvalue weighted by Crippen LogP contribution is -2.29. The molecule has 0 aromatic heterocycles. The monoisotopic (exact) mass is 441 g/mol. The molecular formula is C18H23N3O6S2. The number of para-hydroxylation sites is 1. The van der Waals surface area contributed by atoms with Crippen LogP contribution in [0.1, 0.15) is 10.4 Å². The van der Waals surface area contributed by atoms with Crippen LogP contribution in [0.25, 0.3) is 0 Å². The second kappa shape index (κ2) is 9.25. The smallest absolute Gasteiger partial charge is 0.253 e. The number of ether oxygens (including phenoxy) is 1. The Balaban J connectivity index is 1.91. The number of anilines is 1. The number of carbonyl (C=O) groups is 1. The zero-order chi connectivity index (χ0) is 21.7. The molecule has 2 aromatic carbocycles. The number of nitrogens with one attached hydrogen (secondary N) is 2. The van der Waals surface area contributed by atoms with E-state index in [-0.39, 0.29) is 29.3 Å². The third-order valence-corrected chi connectivity index (χ3v) is 6.15. The summed E-state index contributed by atoms with van der Waals surface area (Å²) in [5.74, 6) is 0.00359. The average molecular weight is 442 g/mol. The Labute approximate surface area is 170 Å². The van der Waals surface area contributed by atoms with Gasteiger partial charge in [0.05, 0.1) is 28.9 Å². The molecule has 0 heterocycles. The summed E-state index contributed by atoms with van der Waals surface area (Å²) >= 11 is 0. The maximum absolute atomic E-state index is 12.3. The maximum Gasteiger partial charge on any atom is 0.253 e. The lowest BCUT2D eigenvalue weighted by molar-refractivity contribution is 0.0948. The van der Waals surface area contributed by atoms with Crippen LogP contribution in [0.4, 0.5) is 5.69 Å². The zero-order valence-corrected chi connectivity index (χ0v) is 17.9. The van der Waals surface area contributed by atoms with Crippen molar-refractivity contribution in [1.29, 1.82) is 0 Å². The van der Waals surface area contributed by atoms with Gasteiger partial charge in [-0.3, -0.25) is 9.52 Å². The summed E-state index contributed by atoms with van der Waals surface area (Å²) in [6, 6.07) is 12.2. The summed E-state index contributed by atoms with van der Waals surface area (Å²) in [7, 11) is -4.12. The van der Waals surface area contributed by atoms with Crippen LogP contribution in [-0.2, 0) is 20.0 Å². The topological polar surface area (TPSA) is 122 Å². The molecule has 0 bridgehead atoms. The van der Waals surface area contributed by atoms with Gasteiger partial charge in [0, 0.05) is 14.1 Å². The molecule has 2 rings (SSSR count). The molecule has 11 heteroatoms. The number of rotatable bonds is 9. The molecule has 2 N–H and O–H groups in total. The third-order valence-electron chi connectivity index (χ3n) is 3.73. The second-order valence-corrected chi connectivity index (χ2v) is 10.2. The van der Waals surface area contributed by atoms with Crippen molar-refractivity contribution in [2.45, 2.75) is 4.90 Å². The molecule has 0 atom stereocenters. The Hall–Kier alpha value is -2.63. The van der Waals surface area contributed by atoms with Crippen LogP contribution in [0.2, 0.25) is 0 Å². The molecule has 0 spiro atoms. The number of carbonyl (C=O) groups excluding carboxylic acids is 1. The van der Waals surface area contributed by atoms with Crippen molar-refractivity contribution in [3.05, 3.63) is 54.1 Å². The third kappa shape index (κ3) is 6.44. The molecular weight excluding hydrogens is 418 g/mol. The van der Waals surface area contributed by atoms with Crippen molar-refractivity contribution >= 4 is 31.6 Å². The van der Waals surface area contributed by atoms with E-state index >= 15 is 0 Å². The number of hydrogen-bond donors (Lipinski definition) is 2. The van der Waals surface area contributed by atoms with Gasteiger partial charge in [0.1, 0.15) is 12.4 Å². The van der Waals surface area contributed by atoms with Crippen LogP contribution in [-0.4, -0.2) is 60.6 Å². The molecule has 29 heavy (non-hydrogen) atoms. The van der Waals surface area contributed by atoms with Gasteiger partial charge in [-0.25, -0.2) is 21.1 Å². The van der Waals surface area contributed by atoms with Crippen molar-refractivity contribution < 1.29 is 26.4 Å². The number of nitrogens with zero attached hydrogens (tertiary/aromatic N) is 1. The van der Waals surface area contributed by atoms with Gasteiger partial charge in [-0.1, -0.05) is 12.1 Å². The Kier molecular flexibility index (Phi) is 7.22. The fraction of sp³-hybridized carbons (Fsp3) is 0.278. The maximum atomic E-state index is 12.3. The van der Waals surface area contributed by atoms with Gasteiger partial charge in [-0.15, -0.1) is 0 Å². The first-order valence-electron chi connectivity index (χ1n) is 8.51. The van der Waals surface area contributed by atoms with E-state index < -0.39 is 26.0 Å². The largest absolute Gasteiger partial charge is 0.492 e. The van der Waals surface area contributed by atoms with Gasteiger partial charge in [0.2, 0.25) is 20.0 Å². The van der Waals surface area contributed by atoms with Gasteiger partial charge in [0.25, 0.3) is 5.91 Å². The highest BCUT2D eigenvalue weighted by Crippen LogP contribution is 2.18. The standard InChI is InChI=1S/C18H23N3O6S2/c1-21(2)29(25,26)15-10-8-14(9-11-15)27-13-12-19-18(22)16-6-4-5-7-17(16)20-28(3,23)24/h4-11,20H,12-13H2,1-3H3,(H,19,22). The van der Waals surface area contributed by atoms with Gasteiger partial charge >= 0.3 is 0 Å². The lowest BCUT2D eigenvalue weighted by atomic mass is 10.1. The Morgan fingerprint density at radius 2 is 1.62 bits per heavy atom. The summed E-state index contributed by atoms with van der Waals surface area (Å²) < 4.78 is 55.8. The molecule has 9 nitrogen and oxygen atoms in total. The normalized spacial score (nSPS) is 11.9. The first-order valence-corrected chi connectivity index (χ1v) is 11.8. The van der Waals surface area contributed by atoms with Gasteiger partial charge in [-0.2, -0.15) is 0 Å². The Bertz CT molecular complexity index is 1070. The molecule has 0 aliphatic carbocycles. The van der Waals surface area contributed by atoms with Crippen LogP contribution in [0.15, 0.2) is 53.4 Å². The molecule has 158 valence electrons. The summed E-state index contributed by atoms with van der Waals surface area (Å²) in [4.78, 5) is 12.5. The Morgan fingerprint density at radius 3 is 2.21 bits per heavy atom. The summed E-state index contributed by atoms with van der Waals surface area (Å²) in [6.07, 6.45) is 1.00. The number of hydrogen-bond acceptors (Lipinski definition) is 6. The van der Waals surface area contributed by atoms with Crippen molar-refractivity contribution in [3.8, 4) is 5.75 Å². The highest BCUT2D eigenvalue weighted by molar-refractivity contribution is 7.92. The van der Waals surface area contributed by atoms with Gasteiger partial charge in [0.15, 0.2) is 0 Å². The minimum atomic E-state index is -3.51. The molecule has 0 radical (unpaired) electrons. The van der Waals surface area contributed by atoms with Gasteiger partial charge < -0.3 is 10.1 Å². The van der Waals surface area contributed by atoms with E-state index in [1.165, 1.54) is 50.5 Å². The number of sulfonamides is 2. The van der Waals surface area contributed by atoms with Crippen molar-refractivity contribution in [2.75, 3.05) is 38.2 Å². The van der Waals surface area contributed by atoms with Crippen LogP contribution in [0.3, 0.4) is 0 Å². The van der Waals surface area contributed by atoms with Crippen LogP contribution < -0.4 is 14.8 Å². The number of benzene rings is 2. The van der Waals surface area contributed by atoms with Gasteiger partial charge in [-0.05, 0) is 36.4 Å². The second-order valence-electron chi connectivity index (χ2n) is 6.28. The van der Waals surface area contributed by atoms with E-state index in [9.17, 15) is 21.6 Å². The molecule has 1 amide bonds. The fourth-order valence-corrected chi connectivity index (χ4v) is 3.80. The molecule has 2 aromatic rings. The summed E-state index contributed by atoms with van der Waals surface area (Å²) in [5.41, 5.74) is 0.377. The highest BCUT2D eigenvalue weighted by atomic mass is 32.2. The van der Waals surface area contributed by atoms with Crippen LogP contribution >= 0.6 is 0 Å². The van der Waals surface area contributed by atoms with E-state index in [0.717, 1.165) is 10.6 Å². The average Bonchev–Trinajstić information content (AvgIpc) is 2.64. The Morgan fingerprint density at radius 1 is 1.00 bits per heavy atom. The van der Waals surface area contributed by atoms with E-state index in [2.05, 4.69) is 10.0 Å². The first kappa shape index (κ1) is 22.7. The molecule has 0 saturated heterocycles. The molecule has 0 aliphatic heterocycles. The van der Waals surface area contributed by atoms with Crippen molar-refractivity contribution in [2.24, 2.45) is 0 Å².